The molecule has 4 nitrogen and oxygen atoms in total. The van der Waals surface area contributed by atoms with Crippen molar-refractivity contribution in [1.82, 2.24) is 9.97 Å². The molecule has 0 aliphatic heterocycles. The average Bonchev–Trinajstić information content (AvgIpc) is 3.32. The Morgan fingerprint density at radius 1 is 1.05 bits per heavy atom. The van der Waals surface area contributed by atoms with Gasteiger partial charge in [-0.25, -0.2) is 9.97 Å². The SMILES string of the molecule is CCc1cccc(CC)c1Nc1cc(NC2CC2)ncn1. The number of benzene rings is 1. The molecule has 1 aromatic heterocycles. The van der Waals surface area contributed by atoms with Crippen LogP contribution in [0.3, 0.4) is 0 Å². The van der Waals surface area contributed by atoms with Gasteiger partial charge < -0.3 is 10.6 Å². The minimum atomic E-state index is 0.599. The smallest absolute Gasteiger partial charge is 0.135 e. The van der Waals surface area contributed by atoms with Crippen LogP contribution in [0, 0.1) is 0 Å². The number of para-hydroxylation sites is 1. The number of rotatable bonds is 6. The third-order valence-electron chi connectivity index (χ3n) is 3.85. The Kier molecular flexibility index (Phi) is 4.04. The van der Waals surface area contributed by atoms with Crippen molar-refractivity contribution < 1.29 is 0 Å². The Bertz CT molecular complexity index is 598. The van der Waals surface area contributed by atoms with Gasteiger partial charge in [0.15, 0.2) is 0 Å². The van der Waals surface area contributed by atoms with Crippen LogP contribution in [0.25, 0.3) is 0 Å². The van der Waals surface area contributed by atoms with Gasteiger partial charge in [0.05, 0.1) is 0 Å². The molecule has 1 aliphatic carbocycles. The number of anilines is 3. The van der Waals surface area contributed by atoms with Crippen molar-refractivity contribution in [2.24, 2.45) is 0 Å². The van der Waals surface area contributed by atoms with Crippen molar-refractivity contribution in [3.63, 3.8) is 0 Å². The molecule has 21 heavy (non-hydrogen) atoms. The number of nitrogens with zero attached hydrogens (tertiary/aromatic N) is 2. The molecule has 1 aromatic carbocycles. The zero-order valence-corrected chi connectivity index (χ0v) is 12.7. The standard InChI is InChI=1S/C17H22N4/c1-3-12-6-5-7-13(4-2)17(12)21-16-10-15(18-11-19-16)20-14-8-9-14/h5-7,10-11,14H,3-4,8-9H2,1-2H3,(H2,18,19,20,21). The van der Waals surface area contributed by atoms with Crippen LogP contribution in [0.4, 0.5) is 17.3 Å². The van der Waals surface area contributed by atoms with Crippen LogP contribution >= 0.6 is 0 Å². The molecule has 2 aromatic rings. The summed E-state index contributed by atoms with van der Waals surface area (Å²) in [4.78, 5) is 8.64. The van der Waals surface area contributed by atoms with E-state index in [2.05, 4.69) is 52.6 Å². The van der Waals surface area contributed by atoms with E-state index in [4.69, 9.17) is 0 Å². The third kappa shape index (κ3) is 3.32. The molecule has 1 saturated carbocycles. The molecule has 0 amide bonds. The summed E-state index contributed by atoms with van der Waals surface area (Å²) >= 11 is 0. The molecular formula is C17H22N4. The maximum Gasteiger partial charge on any atom is 0.135 e. The molecule has 1 fully saturated rings. The van der Waals surface area contributed by atoms with Gasteiger partial charge in [0.2, 0.25) is 0 Å². The molecule has 0 radical (unpaired) electrons. The lowest BCUT2D eigenvalue weighted by molar-refractivity contribution is 1.07. The predicted molar refractivity (Wildman–Crippen MR) is 87.2 cm³/mol. The summed E-state index contributed by atoms with van der Waals surface area (Å²) in [6.07, 6.45) is 6.12. The molecule has 0 atom stereocenters. The van der Waals surface area contributed by atoms with Gasteiger partial charge in [-0.3, -0.25) is 0 Å². The summed E-state index contributed by atoms with van der Waals surface area (Å²) in [5.74, 6) is 1.76. The topological polar surface area (TPSA) is 49.8 Å². The van der Waals surface area contributed by atoms with Crippen LogP contribution in [0.1, 0.15) is 37.8 Å². The molecule has 1 aliphatic rings. The normalized spacial score (nSPS) is 14.0. The number of aryl methyl sites for hydroxylation is 2. The van der Waals surface area contributed by atoms with E-state index in [9.17, 15) is 0 Å². The molecule has 3 rings (SSSR count). The van der Waals surface area contributed by atoms with Crippen LogP contribution in [0.5, 0.6) is 0 Å². The van der Waals surface area contributed by atoms with Crippen molar-refractivity contribution in [3.8, 4) is 0 Å². The van der Waals surface area contributed by atoms with Crippen LogP contribution in [-0.2, 0) is 12.8 Å². The van der Waals surface area contributed by atoms with E-state index in [0.717, 1.165) is 24.5 Å². The predicted octanol–water partition coefficient (Wildman–Crippen LogP) is 3.92. The molecular weight excluding hydrogens is 260 g/mol. The highest BCUT2D eigenvalue weighted by molar-refractivity contribution is 5.66. The second kappa shape index (κ2) is 6.12. The maximum absolute atomic E-state index is 4.35. The molecule has 1 heterocycles. The van der Waals surface area contributed by atoms with Crippen LogP contribution in [0.15, 0.2) is 30.6 Å². The van der Waals surface area contributed by atoms with E-state index in [0.29, 0.717) is 6.04 Å². The average molecular weight is 282 g/mol. The van der Waals surface area contributed by atoms with Gasteiger partial charge in [-0.15, -0.1) is 0 Å². The largest absolute Gasteiger partial charge is 0.367 e. The minimum absolute atomic E-state index is 0.599. The summed E-state index contributed by atoms with van der Waals surface area (Å²) in [7, 11) is 0. The molecule has 110 valence electrons. The zero-order valence-electron chi connectivity index (χ0n) is 12.7. The highest BCUT2D eigenvalue weighted by Crippen LogP contribution is 2.27. The van der Waals surface area contributed by atoms with Crippen molar-refractivity contribution in [2.75, 3.05) is 10.6 Å². The second-order valence-electron chi connectivity index (χ2n) is 5.49. The summed E-state index contributed by atoms with van der Waals surface area (Å²) in [6.45, 7) is 4.36. The molecule has 0 spiro atoms. The Morgan fingerprint density at radius 2 is 1.71 bits per heavy atom. The first-order valence-corrected chi connectivity index (χ1v) is 7.76. The molecule has 2 N–H and O–H groups in total. The summed E-state index contributed by atoms with van der Waals surface area (Å²) in [5, 5.41) is 6.89. The first kappa shape index (κ1) is 13.9. The Hall–Kier alpha value is -2.10. The van der Waals surface area contributed by atoms with E-state index in [1.54, 1.807) is 6.33 Å². The van der Waals surface area contributed by atoms with Crippen molar-refractivity contribution in [3.05, 3.63) is 41.7 Å². The van der Waals surface area contributed by atoms with Gasteiger partial charge in [-0.2, -0.15) is 0 Å². The highest BCUT2D eigenvalue weighted by atomic mass is 15.1. The van der Waals surface area contributed by atoms with Gasteiger partial charge in [-0.05, 0) is 36.8 Å². The lowest BCUT2D eigenvalue weighted by atomic mass is 10.0. The van der Waals surface area contributed by atoms with Crippen LogP contribution in [-0.4, -0.2) is 16.0 Å². The molecule has 4 heteroatoms. The lowest BCUT2D eigenvalue weighted by Gasteiger charge is -2.15. The third-order valence-corrected chi connectivity index (χ3v) is 3.85. The quantitative estimate of drug-likeness (QED) is 0.843. The van der Waals surface area contributed by atoms with Gasteiger partial charge in [0.1, 0.15) is 18.0 Å². The number of hydrogen-bond donors (Lipinski definition) is 2. The highest BCUT2D eigenvalue weighted by Gasteiger charge is 2.21. The van der Waals surface area contributed by atoms with Gasteiger partial charge in [-0.1, -0.05) is 32.0 Å². The van der Waals surface area contributed by atoms with Crippen molar-refractivity contribution in [1.29, 1.82) is 0 Å². The minimum Gasteiger partial charge on any atom is -0.367 e. The number of hydrogen-bond acceptors (Lipinski definition) is 4. The Balaban J connectivity index is 1.85. The van der Waals surface area contributed by atoms with E-state index in [-0.39, 0.29) is 0 Å². The fourth-order valence-electron chi connectivity index (χ4n) is 2.47. The zero-order chi connectivity index (χ0) is 14.7. The molecule has 0 unspecified atom stereocenters. The summed E-state index contributed by atoms with van der Waals surface area (Å²) in [5.41, 5.74) is 3.84. The van der Waals surface area contributed by atoms with E-state index < -0.39 is 0 Å². The summed E-state index contributed by atoms with van der Waals surface area (Å²) < 4.78 is 0. The van der Waals surface area contributed by atoms with Crippen molar-refractivity contribution in [2.45, 2.75) is 45.6 Å². The van der Waals surface area contributed by atoms with E-state index in [1.165, 1.54) is 29.7 Å². The Labute approximate surface area is 126 Å². The van der Waals surface area contributed by atoms with Crippen LogP contribution < -0.4 is 10.6 Å². The first-order chi connectivity index (χ1) is 10.3. The van der Waals surface area contributed by atoms with Crippen LogP contribution in [0.2, 0.25) is 0 Å². The molecule has 0 bridgehead atoms. The number of aromatic nitrogens is 2. The lowest BCUT2D eigenvalue weighted by Crippen LogP contribution is -2.06. The fourth-order valence-corrected chi connectivity index (χ4v) is 2.47. The molecule has 0 saturated heterocycles. The summed E-state index contributed by atoms with van der Waals surface area (Å²) in [6, 6.07) is 9.06. The fraction of sp³-hybridized carbons (Fsp3) is 0.412. The van der Waals surface area contributed by atoms with Gasteiger partial charge in [0, 0.05) is 17.8 Å². The van der Waals surface area contributed by atoms with E-state index in [1.807, 2.05) is 6.07 Å². The monoisotopic (exact) mass is 282 g/mol. The Morgan fingerprint density at radius 3 is 2.33 bits per heavy atom. The number of nitrogens with one attached hydrogen (secondary N) is 2. The van der Waals surface area contributed by atoms with Gasteiger partial charge in [0.25, 0.3) is 0 Å². The maximum atomic E-state index is 4.35. The van der Waals surface area contributed by atoms with E-state index >= 15 is 0 Å². The van der Waals surface area contributed by atoms with Crippen molar-refractivity contribution >= 4 is 17.3 Å². The second-order valence-corrected chi connectivity index (χ2v) is 5.49. The first-order valence-electron chi connectivity index (χ1n) is 7.76. The van der Waals surface area contributed by atoms with Gasteiger partial charge >= 0.3 is 0 Å².